The monoisotopic (exact) mass is 254 g/mol. The molecule has 1 atom stereocenters. The summed E-state index contributed by atoms with van der Waals surface area (Å²) in [5.41, 5.74) is 8.42. The Bertz CT molecular complexity index is 511. The predicted molar refractivity (Wildman–Crippen MR) is 70.9 cm³/mol. The van der Waals surface area contributed by atoms with Crippen molar-refractivity contribution in [2.45, 2.75) is 25.0 Å². The van der Waals surface area contributed by atoms with Crippen molar-refractivity contribution in [1.82, 2.24) is 0 Å². The van der Waals surface area contributed by atoms with Crippen molar-refractivity contribution in [3.63, 3.8) is 0 Å². The second kappa shape index (κ2) is 4.56. The van der Waals surface area contributed by atoms with E-state index >= 15 is 0 Å². The van der Waals surface area contributed by atoms with Crippen LogP contribution in [0.4, 0.5) is 11.4 Å². The molecule has 1 saturated heterocycles. The lowest BCUT2D eigenvalue weighted by molar-refractivity contribution is 0.591. The second-order valence-electron chi connectivity index (χ2n) is 4.53. The Morgan fingerprint density at radius 3 is 2.88 bits per heavy atom. The van der Waals surface area contributed by atoms with Crippen LogP contribution in [0, 0.1) is 6.92 Å². The number of nitrogens with one attached hydrogen (secondary N) is 1. The number of hydrogen-bond acceptors (Lipinski definition) is 4. The molecule has 5 heteroatoms. The van der Waals surface area contributed by atoms with Crippen molar-refractivity contribution in [3.05, 3.63) is 23.8 Å². The first-order valence-electron chi connectivity index (χ1n) is 5.81. The number of benzene rings is 1. The molecule has 1 unspecified atom stereocenters. The Morgan fingerprint density at radius 2 is 2.24 bits per heavy atom. The van der Waals surface area contributed by atoms with Crippen molar-refractivity contribution in [3.8, 4) is 0 Å². The minimum Gasteiger partial charge on any atom is -0.398 e. The average Bonchev–Trinajstić information content (AvgIpc) is 2.60. The van der Waals surface area contributed by atoms with Gasteiger partial charge >= 0.3 is 0 Å². The summed E-state index contributed by atoms with van der Waals surface area (Å²) in [5.74, 6) is 0.329. The molecule has 0 amide bonds. The maximum absolute atomic E-state index is 11.7. The average molecular weight is 254 g/mol. The van der Waals surface area contributed by atoms with Crippen LogP contribution < -0.4 is 11.1 Å². The molecule has 0 aliphatic carbocycles. The van der Waals surface area contributed by atoms with Crippen LogP contribution in [0.2, 0.25) is 0 Å². The van der Waals surface area contributed by atoms with Gasteiger partial charge in [-0.2, -0.15) is 0 Å². The lowest BCUT2D eigenvalue weighted by Gasteiger charge is -2.14. The largest absolute Gasteiger partial charge is 0.398 e. The van der Waals surface area contributed by atoms with Gasteiger partial charge in [0.1, 0.15) is 0 Å². The molecule has 4 nitrogen and oxygen atoms in total. The SMILES string of the molecule is Cc1c(N)cccc1NCC1CCCS1(=O)=O. The van der Waals surface area contributed by atoms with Crippen molar-refractivity contribution >= 4 is 21.2 Å². The molecule has 0 saturated carbocycles. The maximum atomic E-state index is 11.7. The van der Waals surface area contributed by atoms with Crippen LogP contribution in [-0.2, 0) is 9.84 Å². The molecule has 0 aromatic heterocycles. The highest BCUT2D eigenvalue weighted by atomic mass is 32.2. The van der Waals surface area contributed by atoms with Gasteiger partial charge in [-0.25, -0.2) is 8.42 Å². The van der Waals surface area contributed by atoms with Gasteiger partial charge in [-0.3, -0.25) is 0 Å². The molecule has 17 heavy (non-hydrogen) atoms. The van der Waals surface area contributed by atoms with E-state index in [-0.39, 0.29) is 5.25 Å². The third-order valence-corrected chi connectivity index (χ3v) is 5.63. The molecule has 1 aromatic carbocycles. The molecule has 1 aliphatic rings. The third kappa shape index (κ3) is 2.54. The zero-order chi connectivity index (χ0) is 12.5. The molecule has 1 aliphatic heterocycles. The Kier molecular flexibility index (Phi) is 3.28. The van der Waals surface area contributed by atoms with Gasteiger partial charge in [-0.05, 0) is 37.5 Å². The number of rotatable bonds is 3. The lowest BCUT2D eigenvalue weighted by atomic mass is 10.1. The Hall–Kier alpha value is -1.23. The van der Waals surface area contributed by atoms with E-state index in [2.05, 4.69) is 5.32 Å². The quantitative estimate of drug-likeness (QED) is 0.803. The van der Waals surface area contributed by atoms with E-state index in [1.54, 1.807) is 0 Å². The molecule has 2 rings (SSSR count). The highest BCUT2D eigenvalue weighted by Gasteiger charge is 2.30. The Labute approximate surface area is 102 Å². The summed E-state index contributed by atoms with van der Waals surface area (Å²) in [6, 6.07) is 5.63. The van der Waals surface area contributed by atoms with Gasteiger partial charge in [0, 0.05) is 17.9 Å². The number of sulfone groups is 1. The second-order valence-corrected chi connectivity index (χ2v) is 6.93. The van der Waals surface area contributed by atoms with Crippen LogP contribution in [0.5, 0.6) is 0 Å². The van der Waals surface area contributed by atoms with Crippen molar-refractivity contribution in [1.29, 1.82) is 0 Å². The standard InChI is InChI=1S/C12H18N2O2S/c1-9-11(13)5-2-6-12(9)14-8-10-4-3-7-17(10,15)16/h2,5-6,10,14H,3-4,7-8,13H2,1H3. The molecule has 0 spiro atoms. The summed E-state index contributed by atoms with van der Waals surface area (Å²) in [7, 11) is -2.87. The highest BCUT2D eigenvalue weighted by Crippen LogP contribution is 2.23. The molecule has 1 heterocycles. The fourth-order valence-electron chi connectivity index (χ4n) is 2.16. The predicted octanol–water partition coefficient (Wildman–Crippen LogP) is 1.57. The fraction of sp³-hybridized carbons (Fsp3) is 0.500. The molecular formula is C12H18N2O2S. The summed E-state index contributed by atoms with van der Waals surface area (Å²) in [4.78, 5) is 0. The summed E-state index contributed by atoms with van der Waals surface area (Å²) < 4.78 is 23.3. The Morgan fingerprint density at radius 1 is 1.47 bits per heavy atom. The van der Waals surface area contributed by atoms with E-state index < -0.39 is 9.84 Å². The van der Waals surface area contributed by atoms with Crippen molar-refractivity contribution in [2.24, 2.45) is 0 Å². The van der Waals surface area contributed by atoms with E-state index in [4.69, 9.17) is 5.73 Å². The molecule has 94 valence electrons. The molecule has 0 radical (unpaired) electrons. The van der Waals surface area contributed by atoms with Crippen LogP contribution in [0.15, 0.2) is 18.2 Å². The topological polar surface area (TPSA) is 72.2 Å². The van der Waals surface area contributed by atoms with Crippen molar-refractivity contribution < 1.29 is 8.42 Å². The van der Waals surface area contributed by atoms with E-state index in [0.29, 0.717) is 12.3 Å². The zero-order valence-electron chi connectivity index (χ0n) is 9.94. The molecule has 0 bridgehead atoms. The molecule has 3 N–H and O–H groups in total. The normalized spacial score (nSPS) is 22.5. The van der Waals surface area contributed by atoms with Gasteiger partial charge in [-0.1, -0.05) is 6.07 Å². The first kappa shape index (κ1) is 12.2. The van der Waals surface area contributed by atoms with E-state index in [1.807, 2.05) is 25.1 Å². The molecule has 1 fully saturated rings. The van der Waals surface area contributed by atoms with E-state index in [1.165, 1.54) is 0 Å². The zero-order valence-corrected chi connectivity index (χ0v) is 10.8. The summed E-state index contributed by atoms with van der Waals surface area (Å²) in [6.45, 7) is 2.41. The Balaban J connectivity index is 2.06. The minimum atomic E-state index is -2.87. The van der Waals surface area contributed by atoms with Gasteiger partial charge in [-0.15, -0.1) is 0 Å². The van der Waals surface area contributed by atoms with E-state index in [0.717, 1.165) is 29.8 Å². The summed E-state index contributed by atoms with van der Waals surface area (Å²) in [6.07, 6.45) is 1.54. The number of nitrogens with two attached hydrogens (primary N) is 1. The number of nitrogen functional groups attached to an aromatic ring is 1. The first-order valence-corrected chi connectivity index (χ1v) is 7.53. The summed E-state index contributed by atoms with van der Waals surface area (Å²) in [5, 5.41) is 2.95. The van der Waals surface area contributed by atoms with Crippen LogP contribution >= 0.6 is 0 Å². The van der Waals surface area contributed by atoms with Gasteiger partial charge in [0.2, 0.25) is 0 Å². The van der Waals surface area contributed by atoms with Crippen LogP contribution in [0.25, 0.3) is 0 Å². The van der Waals surface area contributed by atoms with Gasteiger partial charge < -0.3 is 11.1 Å². The van der Waals surface area contributed by atoms with Crippen LogP contribution in [-0.4, -0.2) is 26.0 Å². The number of anilines is 2. The summed E-state index contributed by atoms with van der Waals surface area (Å²) >= 11 is 0. The maximum Gasteiger partial charge on any atom is 0.154 e. The van der Waals surface area contributed by atoms with Gasteiger partial charge in [0.05, 0.1) is 11.0 Å². The van der Waals surface area contributed by atoms with E-state index in [9.17, 15) is 8.42 Å². The van der Waals surface area contributed by atoms with Crippen LogP contribution in [0.3, 0.4) is 0 Å². The van der Waals surface area contributed by atoms with Crippen molar-refractivity contribution in [2.75, 3.05) is 23.3 Å². The molecular weight excluding hydrogens is 236 g/mol. The van der Waals surface area contributed by atoms with Crippen LogP contribution in [0.1, 0.15) is 18.4 Å². The fourth-order valence-corrected chi connectivity index (χ4v) is 3.92. The third-order valence-electron chi connectivity index (χ3n) is 3.36. The minimum absolute atomic E-state index is 0.247. The molecule has 1 aromatic rings. The highest BCUT2D eigenvalue weighted by molar-refractivity contribution is 7.92. The van der Waals surface area contributed by atoms with Gasteiger partial charge in [0.15, 0.2) is 9.84 Å². The smallest absolute Gasteiger partial charge is 0.154 e. The lowest BCUT2D eigenvalue weighted by Crippen LogP contribution is -2.25. The van der Waals surface area contributed by atoms with Gasteiger partial charge in [0.25, 0.3) is 0 Å². The number of hydrogen-bond donors (Lipinski definition) is 2. The first-order chi connectivity index (χ1) is 8.00.